The van der Waals surface area contributed by atoms with Gasteiger partial charge in [0.25, 0.3) is 0 Å². The van der Waals surface area contributed by atoms with Crippen LogP contribution in [-0.2, 0) is 0 Å². The zero-order valence-electron chi connectivity index (χ0n) is 27.9. The van der Waals surface area contributed by atoms with Gasteiger partial charge < -0.3 is 13.7 Å². The first-order chi connectivity index (χ1) is 25.2. The Labute approximate surface area is 294 Å². The number of hydrogen-bond acceptors (Lipinski definition) is 3. The van der Waals surface area contributed by atoms with Crippen molar-refractivity contribution < 1.29 is 8.83 Å². The fourth-order valence-electron chi connectivity index (χ4n) is 8.72. The molecule has 0 amide bonds. The number of benzene rings is 8. The minimum absolute atomic E-state index is 0.214. The molecular formula is C48H31NO2. The first kappa shape index (κ1) is 28.3. The van der Waals surface area contributed by atoms with Gasteiger partial charge in [0.2, 0.25) is 0 Å². The number of fused-ring (bicyclic) bond motifs is 13. The summed E-state index contributed by atoms with van der Waals surface area (Å²) >= 11 is 0. The first-order valence-corrected chi connectivity index (χ1v) is 17.6. The van der Waals surface area contributed by atoms with Gasteiger partial charge in [-0.15, -0.1) is 0 Å². The van der Waals surface area contributed by atoms with Crippen LogP contribution >= 0.6 is 0 Å². The van der Waals surface area contributed by atoms with E-state index in [2.05, 4.69) is 163 Å². The lowest BCUT2D eigenvalue weighted by molar-refractivity contribution is 0.669. The van der Waals surface area contributed by atoms with Crippen LogP contribution < -0.4 is 4.90 Å². The molecule has 8 aromatic carbocycles. The van der Waals surface area contributed by atoms with Gasteiger partial charge in [-0.05, 0) is 81.1 Å². The number of nitrogens with zero attached hydrogens (tertiary/aromatic N) is 1. The maximum atomic E-state index is 7.08. The number of hydrogen-bond donors (Lipinski definition) is 0. The van der Waals surface area contributed by atoms with E-state index < -0.39 is 0 Å². The van der Waals surface area contributed by atoms with Crippen LogP contribution in [0, 0.1) is 0 Å². The number of furan rings is 2. The van der Waals surface area contributed by atoms with Gasteiger partial charge in [-0.2, -0.15) is 0 Å². The van der Waals surface area contributed by atoms with Gasteiger partial charge in [-0.1, -0.05) is 116 Å². The standard InChI is InChI=1S/C48H31NO2/c1-29-44-34(30-13-4-2-5-14-30)20-12-21-40(44)47-45(29)37-18-8-9-19-38(37)46-39-26-24-33(28-43(39)51-48(46)47)49(31-15-6-3-7-16-31)32-23-25-36-35-17-10-11-22-41(35)50-42(36)27-32/h2-29H,1H3. The van der Waals surface area contributed by atoms with Crippen LogP contribution in [0.3, 0.4) is 0 Å². The molecule has 0 radical (unpaired) electrons. The van der Waals surface area contributed by atoms with Crippen molar-refractivity contribution in [3.63, 3.8) is 0 Å². The normalized spacial score (nSPS) is 13.8. The van der Waals surface area contributed by atoms with Gasteiger partial charge in [-0.25, -0.2) is 0 Å². The molecule has 1 atom stereocenters. The largest absolute Gasteiger partial charge is 0.456 e. The fraction of sp³-hybridized carbons (Fsp3) is 0.0417. The second kappa shape index (κ2) is 10.7. The molecule has 3 heteroatoms. The third-order valence-electron chi connectivity index (χ3n) is 10.9. The summed E-state index contributed by atoms with van der Waals surface area (Å²) in [5.74, 6) is 0.214. The second-order valence-corrected chi connectivity index (χ2v) is 13.6. The van der Waals surface area contributed by atoms with Crippen LogP contribution in [0.5, 0.6) is 0 Å². The van der Waals surface area contributed by atoms with Gasteiger partial charge in [0.1, 0.15) is 22.3 Å². The molecular weight excluding hydrogens is 623 g/mol. The van der Waals surface area contributed by atoms with Crippen molar-refractivity contribution in [2.24, 2.45) is 0 Å². The highest BCUT2D eigenvalue weighted by atomic mass is 16.3. The average molecular weight is 654 g/mol. The van der Waals surface area contributed by atoms with E-state index in [0.717, 1.165) is 55.6 Å². The Hall–Kier alpha value is -6.58. The van der Waals surface area contributed by atoms with Crippen molar-refractivity contribution in [1.82, 2.24) is 0 Å². The van der Waals surface area contributed by atoms with Gasteiger partial charge in [0, 0.05) is 62.2 Å². The molecule has 240 valence electrons. The van der Waals surface area contributed by atoms with E-state index in [9.17, 15) is 0 Å². The quantitative estimate of drug-likeness (QED) is 0.189. The summed E-state index contributed by atoms with van der Waals surface area (Å²) in [6.07, 6.45) is 0. The predicted molar refractivity (Wildman–Crippen MR) is 212 cm³/mol. The van der Waals surface area contributed by atoms with Crippen molar-refractivity contribution in [2.75, 3.05) is 4.90 Å². The predicted octanol–water partition coefficient (Wildman–Crippen LogP) is 13.9. The number of para-hydroxylation sites is 2. The van der Waals surface area contributed by atoms with Crippen LogP contribution in [0.25, 0.3) is 76.9 Å². The maximum absolute atomic E-state index is 7.08. The first-order valence-electron chi connectivity index (χ1n) is 17.6. The zero-order valence-corrected chi connectivity index (χ0v) is 27.9. The molecule has 0 saturated carbocycles. The molecule has 51 heavy (non-hydrogen) atoms. The molecule has 0 fully saturated rings. The van der Waals surface area contributed by atoms with Gasteiger partial charge in [-0.3, -0.25) is 0 Å². The molecule has 11 rings (SSSR count). The van der Waals surface area contributed by atoms with Gasteiger partial charge in [0.05, 0.1) is 0 Å². The Morgan fingerprint density at radius 2 is 1.04 bits per heavy atom. The fourth-order valence-corrected chi connectivity index (χ4v) is 8.72. The third-order valence-corrected chi connectivity index (χ3v) is 10.9. The molecule has 1 aliphatic rings. The topological polar surface area (TPSA) is 29.5 Å². The molecule has 3 nitrogen and oxygen atoms in total. The molecule has 1 aliphatic carbocycles. The Morgan fingerprint density at radius 3 is 1.82 bits per heavy atom. The second-order valence-electron chi connectivity index (χ2n) is 13.6. The van der Waals surface area contributed by atoms with E-state index in [1.165, 1.54) is 49.5 Å². The minimum atomic E-state index is 0.214. The Morgan fingerprint density at radius 1 is 0.431 bits per heavy atom. The van der Waals surface area contributed by atoms with Crippen LogP contribution in [0.2, 0.25) is 0 Å². The molecule has 2 aromatic heterocycles. The SMILES string of the molecule is CC1c2c(-c3ccccc3)cccc2-c2c1c1ccccc1c1c2oc2cc(N(c3ccccc3)c3ccc4c(c3)oc3ccccc34)ccc21. The smallest absolute Gasteiger partial charge is 0.144 e. The molecule has 10 aromatic rings. The third kappa shape index (κ3) is 4.06. The zero-order chi connectivity index (χ0) is 33.6. The summed E-state index contributed by atoms with van der Waals surface area (Å²) < 4.78 is 13.4. The van der Waals surface area contributed by atoms with Crippen LogP contribution in [-0.4, -0.2) is 0 Å². The lowest BCUT2D eigenvalue weighted by atomic mass is 9.89. The summed E-state index contributed by atoms with van der Waals surface area (Å²) in [5, 5.41) is 7.05. The number of anilines is 3. The van der Waals surface area contributed by atoms with Crippen molar-refractivity contribution in [3.05, 3.63) is 175 Å². The van der Waals surface area contributed by atoms with Crippen LogP contribution in [0.1, 0.15) is 24.0 Å². The minimum Gasteiger partial charge on any atom is -0.456 e. The van der Waals surface area contributed by atoms with E-state index in [1.807, 2.05) is 12.1 Å². The molecule has 0 N–H and O–H groups in total. The summed E-state index contributed by atoms with van der Waals surface area (Å²) in [4.78, 5) is 2.28. The highest BCUT2D eigenvalue weighted by Gasteiger charge is 2.34. The van der Waals surface area contributed by atoms with Gasteiger partial charge in [0.15, 0.2) is 0 Å². The van der Waals surface area contributed by atoms with E-state index in [0.29, 0.717) is 0 Å². The molecule has 0 bridgehead atoms. The van der Waals surface area contributed by atoms with E-state index in [1.54, 1.807) is 0 Å². The van der Waals surface area contributed by atoms with Crippen LogP contribution in [0.15, 0.2) is 173 Å². The molecule has 1 unspecified atom stereocenters. The Kier molecular flexibility index (Phi) is 5.94. The van der Waals surface area contributed by atoms with Crippen molar-refractivity contribution in [2.45, 2.75) is 12.8 Å². The molecule has 2 heterocycles. The van der Waals surface area contributed by atoms with E-state index in [-0.39, 0.29) is 5.92 Å². The van der Waals surface area contributed by atoms with Crippen molar-refractivity contribution >= 4 is 71.7 Å². The van der Waals surface area contributed by atoms with E-state index >= 15 is 0 Å². The van der Waals surface area contributed by atoms with Crippen molar-refractivity contribution in [3.8, 4) is 22.3 Å². The molecule has 0 spiro atoms. The summed E-state index contributed by atoms with van der Waals surface area (Å²) in [5.41, 5.74) is 14.4. The van der Waals surface area contributed by atoms with Crippen LogP contribution in [0.4, 0.5) is 17.1 Å². The lowest BCUT2D eigenvalue weighted by Gasteiger charge is -2.25. The summed E-state index contributed by atoms with van der Waals surface area (Å²) in [6, 6.07) is 58.3. The highest BCUT2D eigenvalue weighted by molar-refractivity contribution is 6.25. The van der Waals surface area contributed by atoms with Crippen molar-refractivity contribution in [1.29, 1.82) is 0 Å². The molecule has 0 saturated heterocycles. The Balaban J connectivity index is 1.15. The lowest BCUT2D eigenvalue weighted by Crippen LogP contribution is -2.09. The average Bonchev–Trinajstić information content (AvgIpc) is 3.85. The van der Waals surface area contributed by atoms with E-state index in [4.69, 9.17) is 8.83 Å². The maximum Gasteiger partial charge on any atom is 0.144 e. The Bertz CT molecular complexity index is 2990. The summed E-state index contributed by atoms with van der Waals surface area (Å²) in [7, 11) is 0. The highest BCUT2D eigenvalue weighted by Crippen LogP contribution is 2.55. The summed E-state index contributed by atoms with van der Waals surface area (Å²) in [6.45, 7) is 2.35. The molecule has 0 aliphatic heterocycles. The monoisotopic (exact) mass is 653 g/mol. The number of rotatable bonds is 4. The van der Waals surface area contributed by atoms with Gasteiger partial charge >= 0.3 is 0 Å².